The Hall–Kier alpha value is -2.69. The van der Waals surface area contributed by atoms with Crippen molar-refractivity contribution in [3.63, 3.8) is 0 Å². The molecule has 0 aliphatic carbocycles. The van der Waals surface area contributed by atoms with Crippen LogP contribution in [0.1, 0.15) is 10.4 Å². The van der Waals surface area contributed by atoms with E-state index in [-0.39, 0.29) is 5.97 Å². The number of esters is 1. The first-order valence-corrected chi connectivity index (χ1v) is 5.76. The molecule has 3 heterocycles. The Labute approximate surface area is 109 Å². The second-order valence-corrected chi connectivity index (χ2v) is 4.00. The molecule has 0 saturated heterocycles. The maximum Gasteiger partial charge on any atom is 0.338 e. The molecule has 0 aromatic carbocycles. The Balaban J connectivity index is 2.14. The van der Waals surface area contributed by atoms with E-state index in [1.165, 1.54) is 7.11 Å². The number of carbonyl (C=O) groups is 1. The molecule has 19 heavy (non-hydrogen) atoms. The predicted octanol–water partition coefficient (Wildman–Crippen LogP) is 2.21. The molecular formula is C14H11N3O2. The fraction of sp³-hybridized carbons (Fsp3) is 0.0714. The number of aromatic nitrogens is 3. The van der Waals surface area contributed by atoms with Gasteiger partial charge in [0.2, 0.25) is 0 Å². The Morgan fingerprint density at radius 3 is 2.95 bits per heavy atom. The molecule has 3 rings (SSSR count). The van der Waals surface area contributed by atoms with Crippen LogP contribution in [0.2, 0.25) is 0 Å². The van der Waals surface area contributed by atoms with E-state index in [1.807, 2.05) is 29.0 Å². The van der Waals surface area contributed by atoms with Crippen LogP contribution in [0.4, 0.5) is 0 Å². The molecule has 3 aromatic rings. The summed E-state index contributed by atoms with van der Waals surface area (Å²) in [6.45, 7) is 0. The summed E-state index contributed by atoms with van der Waals surface area (Å²) in [5.74, 6) is 0.254. The average Bonchev–Trinajstić information content (AvgIpc) is 2.90. The molecule has 0 saturated carbocycles. The minimum atomic E-state index is -0.381. The summed E-state index contributed by atoms with van der Waals surface area (Å²) in [5.41, 5.74) is 1.27. The van der Waals surface area contributed by atoms with Crippen molar-refractivity contribution in [3.8, 4) is 5.82 Å². The lowest BCUT2D eigenvalue weighted by Gasteiger charge is -2.05. The zero-order valence-electron chi connectivity index (χ0n) is 10.3. The Bertz CT molecular complexity index is 749. The zero-order valence-corrected chi connectivity index (χ0v) is 10.3. The third-order valence-corrected chi connectivity index (χ3v) is 2.86. The van der Waals surface area contributed by atoms with Crippen LogP contribution in [0, 0.1) is 0 Å². The van der Waals surface area contributed by atoms with Crippen LogP contribution >= 0.6 is 0 Å². The van der Waals surface area contributed by atoms with Gasteiger partial charge in [0.15, 0.2) is 0 Å². The van der Waals surface area contributed by atoms with Gasteiger partial charge in [-0.05, 0) is 30.3 Å². The highest BCUT2D eigenvalue weighted by molar-refractivity contribution is 5.89. The molecule has 94 valence electrons. The number of ether oxygens (including phenoxy) is 1. The molecule has 5 nitrogen and oxygen atoms in total. The maximum absolute atomic E-state index is 11.5. The summed E-state index contributed by atoms with van der Waals surface area (Å²) < 4.78 is 6.54. The first-order chi connectivity index (χ1) is 9.29. The summed E-state index contributed by atoms with van der Waals surface area (Å²) in [6.07, 6.45) is 5.18. The Morgan fingerprint density at radius 1 is 1.21 bits per heavy atom. The molecule has 0 aliphatic heterocycles. The second kappa shape index (κ2) is 4.53. The first-order valence-electron chi connectivity index (χ1n) is 5.76. The van der Waals surface area contributed by atoms with Crippen LogP contribution in [-0.2, 0) is 4.74 Å². The Kier molecular flexibility index (Phi) is 2.72. The molecule has 0 fully saturated rings. The molecule has 0 N–H and O–H groups in total. The molecule has 0 unspecified atom stereocenters. The molecule has 0 atom stereocenters. The van der Waals surface area contributed by atoms with Crippen LogP contribution in [0.5, 0.6) is 0 Å². The van der Waals surface area contributed by atoms with Gasteiger partial charge in [0, 0.05) is 24.0 Å². The number of pyridine rings is 2. The van der Waals surface area contributed by atoms with Crippen molar-refractivity contribution >= 4 is 17.0 Å². The van der Waals surface area contributed by atoms with Gasteiger partial charge >= 0.3 is 5.97 Å². The zero-order chi connectivity index (χ0) is 13.2. The molecule has 0 aliphatic rings. The first kappa shape index (κ1) is 11.4. The van der Waals surface area contributed by atoms with Gasteiger partial charge < -0.3 is 4.74 Å². The summed E-state index contributed by atoms with van der Waals surface area (Å²) in [6, 6.07) is 9.11. The van der Waals surface area contributed by atoms with Crippen molar-refractivity contribution in [2.24, 2.45) is 0 Å². The fourth-order valence-electron chi connectivity index (χ4n) is 1.95. The number of rotatable bonds is 2. The third kappa shape index (κ3) is 1.95. The van der Waals surface area contributed by atoms with Crippen molar-refractivity contribution in [2.75, 3.05) is 7.11 Å². The normalized spacial score (nSPS) is 10.6. The number of methoxy groups -OCH3 is 1. The van der Waals surface area contributed by atoms with E-state index in [9.17, 15) is 4.79 Å². The quantitative estimate of drug-likeness (QED) is 0.657. The highest BCUT2D eigenvalue weighted by Crippen LogP contribution is 2.17. The van der Waals surface area contributed by atoms with Crippen molar-refractivity contribution in [1.82, 2.24) is 14.5 Å². The summed E-state index contributed by atoms with van der Waals surface area (Å²) in [5, 5.41) is 1.02. The second-order valence-electron chi connectivity index (χ2n) is 4.00. The number of hydrogen-bond acceptors (Lipinski definition) is 4. The van der Waals surface area contributed by atoms with Gasteiger partial charge in [-0.25, -0.2) is 14.8 Å². The van der Waals surface area contributed by atoms with Crippen LogP contribution in [0.25, 0.3) is 16.9 Å². The minimum Gasteiger partial charge on any atom is -0.465 e. The lowest BCUT2D eigenvalue weighted by Crippen LogP contribution is -2.04. The van der Waals surface area contributed by atoms with E-state index in [0.29, 0.717) is 11.4 Å². The van der Waals surface area contributed by atoms with Crippen molar-refractivity contribution in [2.45, 2.75) is 0 Å². The molecule has 3 aromatic heterocycles. The van der Waals surface area contributed by atoms with Gasteiger partial charge in [0.05, 0.1) is 12.7 Å². The van der Waals surface area contributed by atoms with Gasteiger partial charge in [0.25, 0.3) is 0 Å². The lowest BCUT2D eigenvalue weighted by atomic mass is 10.2. The largest absolute Gasteiger partial charge is 0.465 e. The molecule has 0 spiro atoms. The minimum absolute atomic E-state index is 0.381. The van der Waals surface area contributed by atoms with Gasteiger partial charge in [0.1, 0.15) is 11.5 Å². The van der Waals surface area contributed by atoms with Gasteiger partial charge in [-0.1, -0.05) is 0 Å². The van der Waals surface area contributed by atoms with Crippen molar-refractivity contribution in [1.29, 1.82) is 0 Å². The van der Waals surface area contributed by atoms with Gasteiger partial charge in [-0.15, -0.1) is 0 Å². The van der Waals surface area contributed by atoms with Crippen LogP contribution in [-0.4, -0.2) is 27.6 Å². The van der Waals surface area contributed by atoms with Gasteiger partial charge in [-0.2, -0.15) is 0 Å². The number of hydrogen-bond donors (Lipinski definition) is 0. The van der Waals surface area contributed by atoms with Gasteiger partial charge in [-0.3, -0.25) is 4.57 Å². The third-order valence-electron chi connectivity index (χ3n) is 2.86. The summed E-state index contributed by atoms with van der Waals surface area (Å²) >= 11 is 0. The van der Waals surface area contributed by atoms with Crippen LogP contribution < -0.4 is 0 Å². The summed E-state index contributed by atoms with van der Waals surface area (Å²) in [7, 11) is 1.36. The maximum atomic E-state index is 11.5. The standard InChI is InChI=1S/C14H11N3O2/c1-19-14(18)11-4-7-15-12(9-11)17-8-5-10-3-2-6-16-13(10)17/h2-9H,1H3. The van der Waals surface area contributed by atoms with E-state index in [2.05, 4.69) is 9.97 Å². The topological polar surface area (TPSA) is 57.0 Å². The highest BCUT2D eigenvalue weighted by atomic mass is 16.5. The Morgan fingerprint density at radius 2 is 2.11 bits per heavy atom. The van der Waals surface area contributed by atoms with E-state index in [0.717, 1.165) is 11.0 Å². The lowest BCUT2D eigenvalue weighted by molar-refractivity contribution is 0.0600. The summed E-state index contributed by atoms with van der Waals surface area (Å²) in [4.78, 5) is 20.1. The van der Waals surface area contributed by atoms with E-state index < -0.39 is 0 Å². The smallest absolute Gasteiger partial charge is 0.338 e. The van der Waals surface area contributed by atoms with E-state index >= 15 is 0 Å². The van der Waals surface area contributed by atoms with Crippen molar-refractivity contribution in [3.05, 3.63) is 54.5 Å². The number of nitrogens with zero attached hydrogens (tertiary/aromatic N) is 3. The monoisotopic (exact) mass is 253 g/mol. The van der Waals surface area contributed by atoms with E-state index in [4.69, 9.17) is 4.74 Å². The van der Waals surface area contributed by atoms with Crippen LogP contribution in [0.15, 0.2) is 48.9 Å². The number of carbonyl (C=O) groups excluding carboxylic acids is 1. The molecular weight excluding hydrogens is 242 g/mol. The molecule has 0 bridgehead atoms. The SMILES string of the molecule is COC(=O)c1ccnc(-n2ccc3cccnc32)c1. The predicted molar refractivity (Wildman–Crippen MR) is 70.2 cm³/mol. The number of fused-ring (bicyclic) bond motifs is 1. The average molecular weight is 253 g/mol. The fourth-order valence-corrected chi connectivity index (χ4v) is 1.95. The molecule has 0 radical (unpaired) electrons. The van der Waals surface area contributed by atoms with Crippen molar-refractivity contribution < 1.29 is 9.53 Å². The molecule has 5 heteroatoms. The molecule has 0 amide bonds. The highest BCUT2D eigenvalue weighted by Gasteiger charge is 2.09. The van der Waals surface area contributed by atoms with Crippen LogP contribution in [0.3, 0.4) is 0 Å². The van der Waals surface area contributed by atoms with E-state index in [1.54, 1.807) is 24.5 Å².